The number of anilines is 1. The average Bonchev–Trinajstić information content (AvgIpc) is 2.60. The molecule has 2 aliphatic rings. The third kappa shape index (κ3) is 3.09. The molecule has 24 heavy (non-hydrogen) atoms. The number of amides is 1. The molecule has 1 aromatic rings. The molecule has 0 saturated carbocycles. The van der Waals surface area contributed by atoms with E-state index >= 15 is 0 Å². The number of fused-ring (bicyclic) bond motifs is 1. The average molecular weight is 350 g/mol. The summed E-state index contributed by atoms with van der Waals surface area (Å²) in [5, 5.41) is 0. The van der Waals surface area contributed by atoms with Gasteiger partial charge in [0, 0.05) is 31.2 Å². The molecule has 6 heteroatoms. The van der Waals surface area contributed by atoms with Crippen LogP contribution in [-0.2, 0) is 21.2 Å². The number of hydrogen-bond acceptors (Lipinski definition) is 3. The van der Waals surface area contributed by atoms with Crippen molar-refractivity contribution in [3.05, 3.63) is 23.8 Å². The van der Waals surface area contributed by atoms with Gasteiger partial charge in [-0.3, -0.25) is 4.79 Å². The van der Waals surface area contributed by atoms with Gasteiger partial charge in [0.15, 0.2) is 0 Å². The molecule has 1 amide bonds. The van der Waals surface area contributed by atoms with Gasteiger partial charge in [0.25, 0.3) is 0 Å². The predicted molar refractivity (Wildman–Crippen MR) is 94.6 cm³/mol. The summed E-state index contributed by atoms with van der Waals surface area (Å²) in [5.41, 5.74) is 1.84. The number of carbonyl (C=O) groups is 1. The first-order valence-electron chi connectivity index (χ1n) is 8.90. The zero-order valence-corrected chi connectivity index (χ0v) is 15.3. The highest BCUT2D eigenvalue weighted by molar-refractivity contribution is 7.89. The summed E-state index contributed by atoms with van der Waals surface area (Å²) >= 11 is 0. The zero-order valence-electron chi connectivity index (χ0n) is 14.5. The molecule has 0 bridgehead atoms. The highest BCUT2D eigenvalue weighted by Gasteiger charge is 2.32. The topological polar surface area (TPSA) is 57.7 Å². The van der Waals surface area contributed by atoms with Gasteiger partial charge in [0.1, 0.15) is 0 Å². The Bertz CT molecular complexity index is 730. The number of carbonyl (C=O) groups excluding carboxylic acids is 1. The van der Waals surface area contributed by atoms with Crippen molar-refractivity contribution in [2.45, 2.75) is 63.3 Å². The molecule has 3 rings (SSSR count). The van der Waals surface area contributed by atoms with Crippen molar-refractivity contribution in [1.29, 1.82) is 0 Å². The minimum absolute atomic E-state index is 0.0537. The van der Waals surface area contributed by atoms with Crippen LogP contribution in [0.15, 0.2) is 23.1 Å². The Hall–Kier alpha value is -1.40. The van der Waals surface area contributed by atoms with Crippen LogP contribution in [0.2, 0.25) is 0 Å². The van der Waals surface area contributed by atoms with E-state index < -0.39 is 10.0 Å². The SMILES string of the molecule is CCC(=O)N1CCCc2cc(S(=O)(=O)N3CCCCC3C)ccc21. The number of piperidine rings is 1. The second-order valence-electron chi connectivity index (χ2n) is 6.75. The summed E-state index contributed by atoms with van der Waals surface area (Å²) < 4.78 is 27.6. The van der Waals surface area contributed by atoms with Gasteiger partial charge in [-0.1, -0.05) is 13.3 Å². The minimum atomic E-state index is -3.46. The zero-order chi connectivity index (χ0) is 17.3. The van der Waals surface area contributed by atoms with E-state index in [4.69, 9.17) is 0 Å². The fourth-order valence-electron chi connectivity index (χ4n) is 3.75. The van der Waals surface area contributed by atoms with Crippen LogP contribution in [-0.4, -0.2) is 37.8 Å². The van der Waals surface area contributed by atoms with Gasteiger partial charge in [-0.15, -0.1) is 0 Å². The van der Waals surface area contributed by atoms with Gasteiger partial charge in [-0.25, -0.2) is 8.42 Å². The van der Waals surface area contributed by atoms with Crippen LogP contribution in [0.1, 0.15) is 51.5 Å². The minimum Gasteiger partial charge on any atom is -0.312 e. The summed E-state index contributed by atoms with van der Waals surface area (Å²) in [5.74, 6) is 0.0937. The molecule has 1 atom stereocenters. The molecule has 132 valence electrons. The third-order valence-corrected chi connectivity index (χ3v) is 7.13. The van der Waals surface area contributed by atoms with Crippen LogP contribution in [0.5, 0.6) is 0 Å². The standard InChI is InChI=1S/C18H26N2O3S/c1-3-18(21)19-11-6-8-15-13-16(9-10-17(15)19)24(22,23)20-12-5-4-7-14(20)2/h9-10,13-14H,3-8,11-12H2,1-2H3. The van der Waals surface area contributed by atoms with Gasteiger partial charge in [-0.05, 0) is 56.4 Å². The summed E-state index contributed by atoms with van der Waals surface area (Å²) in [6.45, 7) is 5.15. The van der Waals surface area contributed by atoms with Crippen molar-refractivity contribution >= 4 is 21.6 Å². The second-order valence-corrected chi connectivity index (χ2v) is 8.64. The molecule has 5 nitrogen and oxygen atoms in total. The highest BCUT2D eigenvalue weighted by Crippen LogP contribution is 2.32. The van der Waals surface area contributed by atoms with Crippen molar-refractivity contribution in [3.8, 4) is 0 Å². The van der Waals surface area contributed by atoms with Crippen molar-refractivity contribution in [2.75, 3.05) is 18.0 Å². The lowest BCUT2D eigenvalue weighted by molar-refractivity contribution is -0.118. The maximum absolute atomic E-state index is 13.0. The van der Waals surface area contributed by atoms with Crippen LogP contribution in [0, 0.1) is 0 Å². The van der Waals surface area contributed by atoms with Gasteiger partial charge in [0.2, 0.25) is 15.9 Å². The van der Waals surface area contributed by atoms with E-state index in [-0.39, 0.29) is 11.9 Å². The Labute approximate surface area is 144 Å². The summed E-state index contributed by atoms with van der Waals surface area (Å²) in [7, 11) is -3.46. The lowest BCUT2D eigenvalue weighted by Gasteiger charge is -2.33. The first-order valence-corrected chi connectivity index (χ1v) is 10.3. The first kappa shape index (κ1) is 17.4. The van der Waals surface area contributed by atoms with E-state index in [1.807, 2.05) is 19.9 Å². The maximum Gasteiger partial charge on any atom is 0.243 e. The number of rotatable bonds is 3. The van der Waals surface area contributed by atoms with Crippen LogP contribution in [0.3, 0.4) is 0 Å². The monoisotopic (exact) mass is 350 g/mol. The molecule has 1 unspecified atom stereocenters. The lowest BCUT2D eigenvalue weighted by atomic mass is 10.0. The number of sulfonamides is 1. The number of aryl methyl sites for hydroxylation is 1. The Morgan fingerprint density at radius 2 is 2.00 bits per heavy atom. The molecule has 2 heterocycles. The van der Waals surface area contributed by atoms with E-state index in [0.29, 0.717) is 17.9 Å². The van der Waals surface area contributed by atoms with Gasteiger partial charge in [-0.2, -0.15) is 4.31 Å². The molecule has 0 radical (unpaired) electrons. The maximum atomic E-state index is 13.0. The molecule has 0 spiro atoms. The van der Waals surface area contributed by atoms with Gasteiger partial charge < -0.3 is 4.90 Å². The normalized spacial score (nSPS) is 22.2. The van der Waals surface area contributed by atoms with E-state index in [1.54, 1.807) is 21.3 Å². The van der Waals surface area contributed by atoms with Gasteiger partial charge in [0.05, 0.1) is 4.90 Å². The summed E-state index contributed by atoms with van der Waals surface area (Å²) in [6.07, 6.45) is 5.09. The van der Waals surface area contributed by atoms with E-state index in [2.05, 4.69) is 0 Å². The van der Waals surface area contributed by atoms with Crippen LogP contribution < -0.4 is 4.90 Å². The predicted octanol–water partition coefficient (Wildman–Crippen LogP) is 2.94. The Morgan fingerprint density at radius 1 is 1.21 bits per heavy atom. The fraction of sp³-hybridized carbons (Fsp3) is 0.611. The Morgan fingerprint density at radius 3 is 2.71 bits per heavy atom. The molecule has 2 aliphatic heterocycles. The Kier molecular flexibility index (Phi) is 4.97. The number of benzene rings is 1. The van der Waals surface area contributed by atoms with Crippen molar-refractivity contribution in [2.24, 2.45) is 0 Å². The van der Waals surface area contributed by atoms with Gasteiger partial charge >= 0.3 is 0 Å². The molecule has 0 aromatic heterocycles. The van der Waals surface area contributed by atoms with Crippen molar-refractivity contribution in [3.63, 3.8) is 0 Å². The lowest BCUT2D eigenvalue weighted by Crippen LogP contribution is -2.42. The molecule has 0 aliphatic carbocycles. The van der Waals surface area contributed by atoms with Crippen LogP contribution in [0.4, 0.5) is 5.69 Å². The highest BCUT2D eigenvalue weighted by atomic mass is 32.2. The smallest absolute Gasteiger partial charge is 0.243 e. The number of nitrogens with zero attached hydrogens (tertiary/aromatic N) is 2. The molecule has 0 N–H and O–H groups in total. The molecular formula is C18H26N2O3S. The molecule has 1 fully saturated rings. The van der Waals surface area contributed by atoms with E-state index in [0.717, 1.165) is 49.9 Å². The Balaban J connectivity index is 1.95. The quantitative estimate of drug-likeness (QED) is 0.842. The van der Waals surface area contributed by atoms with Crippen molar-refractivity contribution in [1.82, 2.24) is 4.31 Å². The fourth-order valence-corrected chi connectivity index (χ4v) is 5.50. The van der Waals surface area contributed by atoms with Crippen LogP contribution in [0.25, 0.3) is 0 Å². The van der Waals surface area contributed by atoms with E-state index in [1.165, 1.54) is 0 Å². The van der Waals surface area contributed by atoms with E-state index in [9.17, 15) is 13.2 Å². The molecule has 1 aromatic carbocycles. The molecule has 1 saturated heterocycles. The second kappa shape index (κ2) is 6.84. The largest absolute Gasteiger partial charge is 0.312 e. The summed E-state index contributed by atoms with van der Waals surface area (Å²) in [6, 6.07) is 5.31. The van der Waals surface area contributed by atoms with Crippen LogP contribution >= 0.6 is 0 Å². The first-order chi connectivity index (χ1) is 11.4. The molecular weight excluding hydrogens is 324 g/mol. The third-order valence-electron chi connectivity index (χ3n) is 5.12. The summed E-state index contributed by atoms with van der Waals surface area (Å²) in [4.78, 5) is 14.3. The number of hydrogen-bond donors (Lipinski definition) is 0. The van der Waals surface area contributed by atoms with Crippen molar-refractivity contribution < 1.29 is 13.2 Å².